The summed E-state index contributed by atoms with van der Waals surface area (Å²) in [6.45, 7) is 9.32. The first-order valence-corrected chi connectivity index (χ1v) is 8.54. The zero-order valence-corrected chi connectivity index (χ0v) is 12.8. The van der Waals surface area contributed by atoms with E-state index in [4.69, 9.17) is 8.85 Å². The third-order valence-electron chi connectivity index (χ3n) is 5.19. The summed E-state index contributed by atoms with van der Waals surface area (Å²) in [4.78, 5) is 0. The zero-order valence-electron chi connectivity index (χ0n) is 11.8. The molecule has 16 heavy (non-hydrogen) atoms. The largest absolute Gasteiger partial charge is 0.397 e. The lowest BCUT2D eigenvalue weighted by molar-refractivity contribution is 0.130. The van der Waals surface area contributed by atoms with Crippen molar-refractivity contribution in [1.29, 1.82) is 0 Å². The summed E-state index contributed by atoms with van der Waals surface area (Å²) in [7, 11) is 1.65. The normalized spacial score (nSPS) is 32.6. The van der Waals surface area contributed by atoms with Gasteiger partial charge in [0.25, 0.3) is 0 Å². The van der Waals surface area contributed by atoms with Crippen LogP contribution in [0.3, 0.4) is 0 Å². The molecule has 2 nitrogen and oxygen atoms in total. The van der Waals surface area contributed by atoms with Crippen molar-refractivity contribution in [3.8, 4) is 0 Å². The van der Waals surface area contributed by atoms with Gasteiger partial charge in [0.2, 0.25) is 0 Å². The van der Waals surface area contributed by atoms with Gasteiger partial charge in [-0.1, -0.05) is 34.1 Å². The van der Waals surface area contributed by atoms with E-state index < -0.39 is 8.56 Å². The van der Waals surface area contributed by atoms with E-state index in [0.29, 0.717) is 10.6 Å². The Morgan fingerprint density at radius 3 is 1.88 bits per heavy atom. The SMILES string of the molecule is CCC1(CC)C(C)CCC(C)[Si]1(OC)OC. The molecule has 2 unspecified atom stereocenters. The Kier molecular flexibility index (Phi) is 4.61. The molecule has 1 rings (SSSR count). The van der Waals surface area contributed by atoms with Gasteiger partial charge in [-0.25, -0.2) is 0 Å². The predicted octanol–water partition coefficient (Wildman–Crippen LogP) is 4.10. The van der Waals surface area contributed by atoms with E-state index in [1.165, 1.54) is 25.7 Å². The van der Waals surface area contributed by atoms with Crippen LogP contribution in [0.5, 0.6) is 0 Å². The third kappa shape index (κ3) is 1.68. The minimum absolute atomic E-state index is 0.300. The average molecular weight is 244 g/mol. The Bertz CT molecular complexity index is 198. The van der Waals surface area contributed by atoms with Crippen molar-refractivity contribution in [1.82, 2.24) is 0 Å². The van der Waals surface area contributed by atoms with Crippen molar-refractivity contribution in [2.75, 3.05) is 14.2 Å². The highest BCUT2D eigenvalue weighted by Crippen LogP contribution is 2.61. The molecule has 0 amide bonds. The van der Waals surface area contributed by atoms with Gasteiger partial charge in [0.1, 0.15) is 0 Å². The summed E-state index contributed by atoms with van der Waals surface area (Å²) in [6.07, 6.45) is 4.95. The summed E-state index contributed by atoms with van der Waals surface area (Å²) in [5, 5.41) is 0.300. The molecular formula is C13H28O2Si. The van der Waals surface area contributed by atoms with Gasteiger partial charge in [-0.3, -0.25) is 0 Å². The number of hydrogen-bond acceptors (Lipinski definition) is 2. The van der Waals surface area contributed by atoms with Crippen LogP contribution in [0.4, 0.5) is 0 Å². The standard InChI is InChI=1S/C13H28O2Si/c1-7-13(8-2)11(3)9-10-12(4)16(13,14-5)15-6/h11-12H,7-10H2,1-6H3. The predicted molar refractivity (Wildman–Crippen MR) is 70.9 cm³/mol. The van der Waals surface area contributed by atoms with E-state index in [2.05, 4.69) is 27.7 Å². The van der Waals surface area contributed by atoms with Crippen LogP contribution in [0.25, 0.3) is 0 Å². The van der Waals surface area contributed by atoms with Gasteiger partial charge >= 0.3 is 8.56 Å². The molecule has 0 aliphatic carbocycles. The highest BCUT2D eigenvalue weighted by Gasteiger charge is 2.62. The molecule has 1 aliphatic heterocycles. The second kappa shape index (κ2) is 5.19. The van der Waals surface area contributed by atoms with Gasteiger partial charge < -0.3 is 8.85 Å². The van der Waals surface area contributed by atoms with Gasteiger partial charge in [0.15, 0.2) is 0 Å². The van der Waals surface area contributed by atoms with E-state index in [9.17, 15) is 0 Å². The third-order valence-corrected chi connectivity index (χ3v) is 10.6. The molecule has 2 atom stereocenters. The smallest absolute Gasteiger partial charge is 0.347 e. The molecule has 0 aromatic heterocycles. The van der Waals surface area contributed by atoms with E-state index in [1.54, 1.807) is 0 Å². The van der Waals surface area contributed by atoms with E-state index in [0.717, 1.165) is 5.92 Å². The van der Waals surface area contributed by atoms with Crippen LogP contribution in [0.2, 0.25) is 10.6 Å². The highest BCUT2D eigenvalue weighted by atomic mass is 28.4. The molecule has 0 bridgehead atoms. The molecule has 1 fully saturated rings. The van der Waals surface area contributed by atoms with Crippen molar-refractivity contribution in [3.63, 3.8) is 0 Å². The fourth-order valence-corrected chi connectivity index (χ4v) is 9.26. The Hall–Kier alpha value is 0.137. The molecule has 0 N–H and O–H groups in total. The molecule has 96 valence electrons. The first kappa shape index (κ1) is 14.2. The summed E-state index contributed by atoms with van der Waals surface area (Å²) in [5.74, 6) is 0.727. The molecule has 1 aliphatic rings. The maximum atomic E-state index is 6.03. The highest BCUT2D eigenvalue weighted by molar-refractivity contribution is 6.72. The number of hydrogen-bond donors (Lipinski definition) is 0. The van der Waals surface area contributed by atoms with Gasteiger partial charge in [0, 0.05) is 24.8 Å². The Morgan fingerprint density at radius 2 is 1.56 bits per heavy atom. The Labute approximate surface area is 102 Å². The van der Waals surface area contributed by atoms with E-state index in [-0.39, 0.29) is 0 Å². The second-order valence-electron chi connectivity index (χ2n) is 5.32. The van der Waals surface area contributed by atoms with Crippen LogP contribution < -0.4 is 0 Å². The topological polar surface area (TPSA) is 18.5 Å². The summed E-state index contributed by atoms with van der Waals surface area (Å²) in [5.41, 5.74) is 0.610. The quantitative estimate of drug-likeness (QED) is 0.693. The monoisotopic (exact) mass is 244 g/mol. The van der Waals surface area contributed by atoms with Crippen molar-refractivity contribution in [2.24, 2.45) is 5.92 Å². The molecule has 3 heteroatoms. The maximum Gasteiger partial charge on any atom is 0.347 e. The maximum absolute atomic E-state index is 6.03. The zero-order chi connectivity index (χ0) is 12.4. The molecule has 0 saturated carbocycles. The van der Waals surface area contributed by atoms with Crippen LogP contribution >= 0.6 is 0 Å². The molecule has 0 aromatic carbocycles. The molecular weight excluding hydrogens is 216 g/mol. The average Bonchev–Trinajstić information content (AvgIpc) is 2.32. The van der Waals surface area contributed by atoms with E-state index >= 15 is 0 Å². The lowest BCUT2D eigenvalue weighted by atomic mass is 9.83. The van der Waals surface area contributed by atoms with Gasteiger partial charge in [-0.2, -0.15) is 0 Å². The molecule has 1 heterocycles. The van der Waals surface area contributed by atoms with Crippen LogP contribution in [-0.2, 0) is 8.85 Å². The van der Waals surface area contributed by atoms with Crippen molar-refractivity contribution in [2.45, 2.75) is 64.0 Å². The Morgan fingerprint density at radius 1 is 1.06 bits per heavy atom. The Balaban J connectivity index is 3.22. The molecule has 0 spiro atoms. The molecule has 0 radical (unpaired) electrons. The minimum atomic E-state index is -2.08. The van der Waals surface area contributed by atoms with Crippen molar-refractivity contribution >= 4 is 8.56 Å². The van der Waals surface area contributed by atoms with Crippen molar-refractivity contribution < 1.29 is 8.85 Å². The lowest BCUT2D eigenvalue weighted by Gasteiger charge is -2.55. The lowest BCUT2D eigenvalue weighted by Crippen LogP contribution is -2.59. The van der Waals surface area contributed by atoms with E-state index in [1.807, 2.05) is 14.2 Å². The molecule has 1 saturated heterocycles. The van der Waals surface area contributed by atoms with Crippen LogP contribution in [0.15, 0.2) is 0 Å². The molecule has 0 aromatic rings. The van der Waals surface area contributed by atoms with Gasteiger partial charge in [-0.15, -0.1) is 0 Å². The summed E-state index contributed by atoms with van der Waals surface area (Å²) in [6, 6.07) is 0. The fourth-order valence-electron chi connectivity index (χ4n) is 4.13. The second-order valence-corrected chi connectivity index (χ2v) is 9.45. The summed E-state index contributed by atoms with van der Waals surface area (Å²) >= 11 is 0. The van der Waals surface area contributed by atoms with Crippen molar-refractivity contribution in [3.05, 3.63) is 0 Å². The van der Waals surface area contributed by atoms with Crippen LogP contribution in [0, 0.1) is 5.92 Å². The fraction of sp³-hybridized carbons (Fsp3) is 1.00. The first-order chi connectivity index (χ1) is 7.54. The van der Waals surface area contributed by atoms with Gasteiger partial charge in [0.05, 0.1) is 0 Å². The van der Waals surface area contributed by atoms with Crippen LogP contribution in [-0.4, -0.2) is 22.8 Å². The van der Waals surface area contributed by atoms with Crippen LogP contribution in [0.1, 0.15) is 53.4 Å². The van der Waals surface area contributed by atoms with Gasteiger partial charge in [-0.05, 0) is 25.2 Å². The number of rotatable bonds is 4. The summed E-state index contributed by atoms with van der Waals surface area (Å²) < 4.78 is 12.1. The minimum Gasteiger partial charge on any atom is -0.397 e. The first-order valence-electron chi connectivity index (χ1n) is 6.64.